The molecule has 0 radical (unpaired) electrons. The molecule has 86 valence electrons. The zero-order valence-corrected chi connectivity index (χ0v) is 8.64. The number of aliphatic carboxylic acids is 1. The smallest absolute Gasteiger partial charge is 0.326 e. The van der Waals surface area contributed by atoms with Crippen molar-refractivity contribution in [3.8, 4) is 0 Å². The summed E-state index contributed by atoms with van der Waals surface area (Å²) in [6, 6.07) is 0.732. The Bertz CT molecular complexity index is 373. The molecule has 1 amide bonds. The number of nitrogens with one attached hydrogen (secondary N) is 2. The van der Waals surface area contributed by atoms with Crippen LogP contribution in [0.3, 0.4) is 0 Å². The van der Waals surface area contributed by atoms with Gasteiger partial charge >= 0.3 is 5.97 Å². The fourth-order valence-electron chi connectivity index (χ4n) is 1.19. The Morgan fingerprint density at radius 3 is 2.94 bits per heavy atom. The standard InChI is InChI=1S/C10H13N3O3/c1-2-3-8(10(15)16)12-9(14)6-7-4-5-11-13-7/h2,4-5,8H,1,3,6H2,(H,11,13)(H,12,14)(H,15,16). The number of carbonyl (C=O) groups is 2. The fraction of sp³-hybridized carbons (Fsp3) is 0.300. The van der Waals surface area contributed by atoms with E-state index in [-0.39, 0.29) is 18.7 Å². The van der Waals surface area contributed by atoms with Crippen LogP contribution in [0.15, 0.2) is 24.9 Å². The van der Waals surface area contributed by atoms with Gasteiger partial charge in [0.25, 0.3) is 0 Å². The van der Waals surface area contributed by atoms with Crippen LogP contribution in [-0.4, -0.2) is 33.2 Å². The SMILES string of the molecule is C=CCC(NC(=O)Cc1ccn[nH]1)C(=O)O. The van der Waals surface area contributed by atoms with E-state index in [0.29, 0.717) is 5.69 Å². The van der Waals surface area contributed by atoms with Gasteiger partial charge in [0.05, 0.1) is 6.42 Å². The lowest BCUT2D eigenvalue weighted by molar-refractivity contribution is -0.141. The van der Waals surface area contributed by atoms with Crippen LogP contribution in [0.25, 0.3) is 0 Å². The van der Waals surface area contributed by atoms with Crippen LogP contribution in [-0.2, 0) is 16.0 Å². The summed E-state index contributed by atoms with van der Waals surface area (Å²) in [7, 11) is 0. The Morgan fingerprint density at radius 1 is 1.69 bits per heavy atom. The van der Waals surface area contributed by atoms with Gasteiger partial charge in [0.2, 0.25) is 5.91 Å². The number of hydrogen-bond donors (Lipinski definition) is 3. The minimum absolute atomic E-state index is 0.0842. The summed E-state index contributed by atoms with van der Waals surface area (Å²) in [5, 5.41) is 17.5. The van der Waals surface area contributed by atoms with E-state index < -0.39 is 12.0 Å². The van der Waals surface area contributed by atoms with Gasteiger partial charge in [0.15, 0.2) is 0 Å². The van der Waals surface area contributed by atoms with Crippen molar-refractivity contribution in [2.24, 2.45) is 0 Å². The molecule has 1 aromatic rings. The van der Waals surface area contributed by atoms with Gasteiger partial charge < -0.3 is 10.4 Å². The largest absolute Gasteiger partial charge is 0.480 e. The van der Waals surface area contributed by atoms with E-state index in [0.717, 1.165) is 0 Å². The lowest BCUT2D eigenvalue weighted by Crippen LogP contribution is -2.41. The highest BCUT2D eigenvalue weighted by Crippen LogP contribution is 1.97. The second-order valence-electron chi connectivity index (χ2n) is 3.24. The molecule has 6 nitrogen and oxygen atoms in total. The number of carbonyl (C=O) groups excluding carboxylic acids is 1. The number of aromatic nitrogens is 2. The monoisotopic (exact) mass is 223 g/mol. The van der Waals surface area contributed by atoms with E-state index in [1.54, 1.807) is 6.07 Å². The van der Waals surface area contributed by atoms with Crippen LogP contribution in [0.2, 0.25) is 0 Å². The molecule has 0 spiro atoms. The minimum Gasteiger partial charge on any atom is -0.480 e. The molecule has 1 atom stereocenters. The minimum atomic E-state index is -1.07. The van der Waals surface area contributed by atoms with Crippen molar-refractivity contribution in [3.05, 3.63) is 30.6 Å². The molecule has 1 unspecified atom stereocenters. The highest BCUT2D eigenvalue weighted by molar-refractivity contribution is 5.84. The zero-order valence-electron chi connectivity index (χ0n) is 8.64. The third-order valence-corrected chi connectivity index (χ3v) is 1.95. The number of carboxylic acids is 1. The third kappa shape index (κ3) is 3.56. The summed E-state index contributed by atoms with van der Waals surface area (Å²) < 4.78 is 0. The fourth-order valence-corrected chi connectivity index (χ4v) is 1.19. The van der Waals surface area contributed by atoms with Crippen LogP contribution in [0.1, 0.15) is 12.1 Å². The maximum Gasteiger partial charge on any atom is 0.326 e. The number of rotatable bonds is 6. The molecular weight excluding hydrogens is 210 g/mol. The Labute approximate surface area is 92.4 Å². The van der Waals surface area contributed by atoms with Crippen molar-refractivity contribution in [1.29, 1.82) is 0 Å². The maximum absolute atomic E-state index is 11.4. The molecule has 3 N–H and O–H groups in total. The second-order valence-corrected chi connectivity index (χ2v) is 3.24. The van der Waals surface area contributed by atoms with Crippen LogP contribution in [0.4, 0.5) is 0 Å². The number of H-pyrrole nitrogens is 1. The third-order valence-electron chi connectivity index (χ3n) is 1.95. The van der Waals surface area contributed by atoms with Gasteiger partial charge in [0, 0.05) is 11.9 Å². The predicted octanol–water partition coefficient (Wildman–Crippen LogP) is 0.0977. The summed E-state index contributed by atoms with van der Waals surface area (Å²) >= 11 is 0. The van der Waals surface area contributed by atoms with Crippen LogP contribution in [0, 0.1) is 0 Å². The summed E-state index contributed by atoms with van der Waals surface area (Å²) in [6.07, 6.45) is 3.27. The van der Waals surface area contributed by atoms with Gasteiger partial charge in [-0.1, -0.05) is 6.08 Å². The lowest BCUT2D eigenvalue weighted by Gasteiger charge is -2.11. The van der Waals surface area contributed by atoms with Crippen LogP contribution < -0.4 is 5.32 Å². The second kappa shape index (κ2) is 5.69. The van der Waals surface area contributed by atoms with E-state index in [1.165, 1.54) is 12.3 Å². The summed E-state index contributed by atoms with van der Waals surface area (Å²) in [5.41, 5.74) is 0.639. The average molecular weight is 223 g/mol. The molecule has 0 aliphatic heterocycles. The number of amides is 1. The summed E-state index contributed by atoms with van der Waals surface area (Å²) in [6.45, 7) is 3.44. The van der Waals surface area contributed by atoms with Gasteiger partial charge in [-0.05, 0) is 12.5 Å². The highest BCUT2D eigenvalue weighted by atomic mass is 16.4. The first-order chi connectivity index (χ1) is 7.63. The Hall–Kier alpha value is -2.11. The molecule has 1 rings (SSSR count). The molecular formula is C10H13N3O3. The normalized spacial score (nSPS) is 11.8. The molecule has 0 saturated carbocycles. The van der Waals surface area contributed by atoms with Crippen molar-refractivity contribution >= 4 is 11.9 Å². The summed E-state index contributed by atoms with van der Waals surface area (Å²) in [4.78, 5) is 22.2. The van der Waals surface area contributed by atoms with Crippen LogP contribution in [0.5, 0.6) is 0 Å². The average Bonchev–Trinajstić information content (AvgIpc) is 2.69. The van der Waals surface area contributed by atoms with Gasteiger partial charge in [-0.15, -0.1) is 6.58 Å². The Morgan fingerprint density at radius 2 is 2.44 bits per heavy atom. The van der Waals surface area contributed by atoms with Gasteiger partial charge in [-0.2, -0.15) is 5.10 Å². The first kappa shape index (κ1) is 12.0. The van der Waals surface area contributed by atoms with E-state index in [9.17, 15) is 9.59 Å². The lowest BCUT2D eigenvalue weighted by atomic mass is 10.2. The van der Waals surface area contributed by atoms with E-state index in [2.05, 4.69) is 22.1 Å². The van der Waals surface area contributed by atoms with Crippen molar-refractivity contribution in [1.82, 2.24) is 15.5 Å². The number of carboxylic acid groups (broad SMARTS) is 1. The van der Waals surface area contributed by atoms with Gasteiger partial charge in [-0.25, -0.2) is 4.79 Å². The molecule has 0 bridgehead atoms. The molecule has 16 heavy (non-hydrogen) atoms. The first-order valence-electron chi connectivity index (χ1n) is 4.74. The van der Waals surface area contributed by atoms with Crippen LogP contribution >= 0.6 is 0 Å². The van der Waals surface area contributed by atoms with Crippen molar-refractivity contribution < 1.29 is 14.7 Å². The first-order valence-corrected chi connectivity index (χ1v) is 4.74. The molecule has 6 heteroatoms. The molecule has 0 aromatic carbocycles. The molecule has 1 aromatic heterocycles. The molecule has 0 aliphatic rings. The van der Waals surface area contributed by atoms with E-state index in [4.69, 9.17) is 5.11 Å². The quantitative estimate of drug-likeness (QED) is 0.596. The number of hydrogen-bond acceptors (Lipinski definition) is 3. The zero-order chi connectivity index (χ0) is 12.0. The Balaban J connectivity index is 2.48. The summed E-state index contributed by atoms with van der Waals surface area (Å²) in [5.74, 6) is -1.43. The van der Waals surface area contributed by atoms with Crippen molar-refractivity contribution in [3.63, 3.8) is 0 Å². The highest BCUT2D eigenvalue weighted by Gasteiger charge is 2.18. The predicted molar refractivity (Wildman–Crippen MR) is 56.7 cm³/mol. The molecule has 0 fully saturated rings. The van der Waals surface area contributed by atoms with Crippen molar-refractivity contribution in [2.45, 2.75) is 18.9 Å². The molecule has 1 heterocycles. The van der Waals surface area contributed by atoms with Gasteiger partial charge in [-0.3, -0.25) is 9.89 Å². The van der Waals surface area contributed by atoms with Crippen molar-refractivity contribution in [2.75, 3.05) is 0 Å². The van der Waals surface area contributed by atoms with E-state index >= 15 is 0 Å². The topological polar surface area (TPSA) is 95.1 Å². The maximum atomic E-state index is 11.4. The molecule has 0 aliphatic carbocycles. The molecule has 0 saturated heterocycles. The van der Waals surface area contributed by atoms with E-state index in [1.807, 2.05) is 0 Å². The Kier molecular flexibility index (Phi) is 4.26. The van der Waals surface area contributed by atoms with Gasteiger partial charge in [0.1, 0.15) is 6.04 Å². The number of aromatic amines is 1. The number of nitrogens with zero attached hydrogens (tertiary/aromatic N) is 1.